The van der Waals surface area contributed by atoms with Crippen LogP contribution in [0.5, 0.6) is 0 Å². The highest BCUT2D eigenvalue weighted by molar-refractivity contribution is 4.90. The Kier molecular flexibility index (Phi) is 3.43. The summed E-state index contributed by atoms with van der Waals surface area (Å²) in [5.41, 5.74) is 0. The van der Waals surface area contributed by atoms with Gasteiger partial charge < -0.3 is 14.8 Å². The van der Waals surface area contributed by atoms with Crippen LogP contribution < -0.4 is 5.32 Å². The maximum Gasteiger partial charge on any atom is 0.0745 e. The van der Waals surface area contributed by atoms with Gasteiger partial charge in [-0.25, -0.2) is 0 Å². The van der Waals surface area contributed by atoms with E-state index in [1.807, 2.05) is 0 Å². The predicted molar refractivity (Wildman–Crippen MR) is 61.5 cm³/mol. The van der Waals surface area contributed by atoms with E-state index < -0.39 is 0 Å². The van der Waals surface area contributed by atoms with Crippen LogP contribution in [-0.2, 0) is 9.47 Å². The van der Waals surface area contributed by atoms with Gasteiger partial charge in [-0.2, -0.15) is 0 Å². The van der Waals surface area contributed by atoms with Crippen molar-refractivity contribution in [3.8, 4) is 0 Å². The fourth-order valence-corrected chi connectivity index (χ4v) is 3.18. The van der Waals surface area contributed by atoms with Gasteiger partial charge in [0.1, 0.15) is 0 Å². The van der Waals surface area contributed by atoms with Gasteiger partial charge in [0.15, 0.2) is 0 Å². The standard InChI is InChI=1S/C12H22N2O2/c1-2-13-7-11-10(1)9-16-12(11)8-14-3-5-15-6-4-14/h10-13H,1-9H2/t10-,11-,12+/m0/s1. The minimum Gasteiger partial charge on any atom is -0.379 e. The Morgan fingerprint density at radius 2 is 2.12 bits per heavy atom. The lowest BCUT2D eigenvalue weighted by molar-refractivity contribution is -0.000679. The molecule has 3 rings (SSSR count). The van der Waals surface area contributed by atoms with E-state index in [4.69, 9.17) is 9.47 Å². The second kappa shape index (κ2) is 5.00. The van der Waals surface area contributed by atoms with E-state index in [0.717, 1.165) is 57.8 Å². The van der Waals surface area contributed by atoms with E-state index in [0.29, 0.717) is 6.10 Å². The highest BCUT2D eigenvalue weighted by Gasteiger charge is 2.39. The van der Waals surface area contributed by atoms with Crippen LogP contribution in [0.1, 0.15) is 6.42 Å². The van der Waals surface area contributed by atoms with Crippen LogP contribution >= 0.6 is 0 Å². The number of hydrogen-bond acceptors (Lipinski definition) is 4. The summed E-state index contributed by atoms with van der Waals surface area (Å²) < 4.78 is 11.4. The minimum atomic E-state index is 0.455. The van der Waals surface area contributed by atoms with E-state index in [9.17, 15) is 0 Å². The zero-order valence-corrected chi connectivity index (χ0v) is 9.86. The molecule has 0 spiro atoms. The third-order valence-corrected chi connectivity index (χ3v) is 4.22. The minimum absolute atomic E-state index is 0.455. The quantitative estimate of drug-likeness (QED) is 0.715. The van der Waals surface area contributed by atoms with Crippen molar-refractivity contribution in [3.05, 3.63) is 0 Å². The first kappa shape index (κ1) is 11.0. The molecule has 4 heteroatoms. The van der Waals surface area contributed by atoms with E-state index in [2.05, 4.69) is 10.2 Å². The van der Waals surface area contributed by atoms with Crippen LogP contribution in [0.4, 0.5) is 0 Å². The summed E-state index contributed by atoms with van der Waals surface area (Å²) in [5, 5.41) is 3.50. The van der Waals surface area contributed by atoms with Gasteiger partial charge in [-0.3, -0.25) is 4.90 Å². The molecule has 0 aliphatic carbocycles. The second-order valence-electron chi connectivity index (χ2n) is 5.20. The summed E-state index contributed by atoms with van der Waals surface area (Å²) in [6, 6.07) is 0. The molecule has 0 unspecified atom stereocenters. The van der Waals surface area contributed by atoms with E-state index in [-0.39, 0.29) is 0 Å². The van der Waals surface area contributed by atoms with Gasteiger partial charge in [-0.15, -0.1) is 0 Å². The molecule has 4 nitrogen and oxygen atoms in total. The summed E-state index contributed by atoms with van der Waals surface area (Å²) in [6.07, 6.45) is 1.75. The Balaban J connectivity index is 1.54. The first-order valence-corrected chi connectivity index (χ1v) is 6.56. The van der Waals surface area contributed by atoms with Gasteiger partial charge in [0, 0.05) is 32.1 Å². The Bertz CT molecular complexity index is 231. The van der Waals surface area contributed by atoms with Crippen LogP contribution in [0, 0.1) is 11.8 Å². The number of ether oxygens (including phenoxy) is 2. The van der Waals surface area contributed by atoms with E-state index in [1.165, 1.54) is 13.0 Å². The third kappa shape index (κ3) is 2.25. The van der Waals surface area contributed by atoms with Crippen molar-refractivity contribution in [3.63, 3.8) is 0 Å². The van der Waals surface area contributed by atoms with Gasteiger partial charge >= 0.3 is 0 Å². The van der Waals surface area contributed by atoms with Crippen LogP contribution in [0.15, 0.2) is 0 Å². The molecule has 0 bridgehead atoms. The molecule has 3 heterocycles. The first-order valence-electron chi connectivity index (χ1n) is 6.56. The Labute approximate surface area is 97.3 Å². The van der Waals surface area contributed by atoms with Crippen molar-refractivity contribution in [1.82, 2.24) is 10.2 Å². The summed E-state index contributed by atoms with van der Waals surface area (Å²) in [6.45, 7) is 8.34. The zero-order chi connectivity index (χ0) is 10.8. The molecule has 3 fully saturated rings. The largest absolute Gasteiger partial charge is 0.379 e. The van der Waals surface area contributed by atoms with Crippen LogP contribution in [0.25, 0.3) is 0 Å². The Hall–Kier alpha value is -0.160. The lowest BCUT2D eigenvalue weighted by Gasteiger charge is -2.33. The molecular formula is C12H22N2O2. The molecule has 3 aliphatic rings. The highest BCUT2D eigenvalue weighted by atomic mass is 16.5. The van der Waals surface area contributed by atoms with Crippen molar-refractivity contribution in [2.75, 3.05) is 52.5 Å². The first-order chi connectivity index (χ1) is 7.93. The molecule has 0 aromatic rings. The lowest BCUT2D eigenvalue weighted by atomic mass is 9.85. The SMILES string of the molecule is C1C[C@H]2CO[C@H](CN3CCOCC3)[C@H]2CN1. The highest BCUT2D eigenvalue weighted by Crippen LogP contribution is 2.31. The Morgan fingerprint density at radius 1 is 1.25 bits per heavy atom. The van der Waals surface area contributed by atoms with Gasteiger partial charge in [-0.1, -0.05) is 0 Å². The second-order valence-corrected chi connectivity index (χ2v) is 5.20. The molecule has 0 aromatic carbocycles. The van der Waals surface area contributed by atoms with Crippen molar-refractivity contribution in [1.29, 1.82) is 0 Å². The molecule has 0 amide bonds. The van der Waals surface area contributed by atoms with E-state index in [1.54, 1.807) is 0 Å². The third-order valence-electron chi connectivity index (χ3n) is 4.22. The summed E-state index contributed by atoms with van der Waals surface area (Å²) in [7, 11) is 0. The molecule has 3 aliphatic heterocycles. The molecule has 3 saturated heterocycles. The van der Waals surface area contributed by atoms with Gasteiger partial charge in [0.25, 0.3) is 0 Å². The Morgan fingerprint density at radius 3 is 3.00 bits per heavy atom. The van der Waals surface area contributed by atoms with Crippen LogP contribution in [-0.4, -0.2) is 63.5 Å². The number of nitrogens with one attached hydrogen (secondary N) is 1. The molecule has 0 radical (unpaired) electrons. The summed E-state index contributed by atoms with van der Waals surface area (Å²) >= 11 is 0. The fourth-order valence-electron chi connectivity index (χ4n) is 3.18. The summed E-state index contributed by atoms with van der Waals surface area (Å²) in [4.78, 5) is 2.49. The molecule has 0 aromatic heterocycles. The van der Waals surface area contributed by atoms with Gasteiger partial charge in [0.05, 0.1) is 25.9 Å². The average molecular weight is 226 g/mol. The normalized spacial score (nSPS) is 40.9. The number of hydrogen-bond donors (Lipinski definition) is 1. The number of morpholine rings is 1. The van der Waals surface area contributed by atoms with Gasteiger partial charge in [0.2, 0.25) is 0 Å². The number of rotatable bonds is 2. The zero-order valence-electron chi connectivity index (χ0n) is 9.86. The van der Waals surface area contributed by atoms with Crippen molar-refractivity contribution in [2.24, 2.45) is 11.8 Å². The maximum absolute atomic E-state index is 5.98. The number of fused-ring (bicyclic) bond motifs is 1. The maximum atomic E-state index is 5.98. The topological polar surface area (TPSA) is 33.7 Å². The van der Waals surface area contributed by atoms with Crippen LogP contribution in [0.3, 0.4) is 0 Å². The smallest absolute Gasteiger partial charge is 0.0745 e. The summed E-state index contributed by atoms with van der Waals surface area (Å²) in [5.74, 6) is 1.56. The fraction of sp³-hybridized carbons (Fsp3) is 1.00. The molecule has 3 atom stereocenters. The van der Waals surface area contributed by atoms with Crippen molar-refractivity contribution in [2.45, 2.75) is 12.5 Å². The van der Waals surface area contributed by atoms with Gasteiger partial charge in [-0.05, 0) is 18.9 Å². The molecular weight excluding hydrogens is 204 g/mol. The molecule has 1 N–H and O–H groups in total. The van der Waals surface area contributed by atoms with E-state index >= 15 is 0 Å². The average Bonchev–Trinajstić information content (AvgIpc) is 2.74. The van der Waals surface area contributed by atoms with Crippen LogP contribution in [0.2, 0.25) is 0 Å². The number of piperidine rings is 1. The predicted octanol–water partition coefficient (Wildman–Crippen LogP) is -0.0569. The van der Waals surface area contributed by atoms with Crippen molar-refractivity contribution >= 4 is 0 Å². The molecule has 16 heavy (non-hydrogen) atoms. The molecule has 92 valence electrons. The number of nitrogens with zero attached hydrogens (tertiary/aromatic N) is 1. The van der Waals surface area contributed by atoms with Crippen molar-refractivity contribution < 1.29 is 9.47 Å². The lowest BCUT2D eigenvalue weighted by Crippen LogP contribution is -2.46. The molecule has 0 saturated carbocycles. The monoisotopic (exact) mass is 226 g/mol.